The second-order valence-corrected chi connectivity index (χ2v) is 6.88. The minimum absolute atomic E-state index is 0.0279. The largest absolute Gasteiger partial charge is 0.494 e. The van der Waals surface area contributed by atoms with E-state index in [-0.39, 0.29) is 5.54 Å². The third kappa shape index (κ3) is 3.37. The summed E-state index contributed by atoms with van der Waals surface area (Å²) in [6.45, 7) is 9.96. The van der Waals surface area contributed by atoms with Gasteiger partial charge in [-0.3, -0.25) is 0 Å². The first kappa shape index (κ1) is 16.4. The van der Waals surface area contributed by atoms with Gasteiger partial charge in [0, 0.05) is 23.3 Å². The Morgan fingerprint density at radius 3 is 2.67 bits per heavy atom. The van der Waals surface area contributed by atoms with Crippen molar-refractivity contribution in [3.05, 3.63) is 54.4 Å². The molecule has 126 valence electrons. The van der Waals surface area contributed by atoms with E-state index in [1.165, 1.54) is 0 Å². The average molecular weight is 323 g/mol. The fourth-order valence-corrected chi connectivity index (χ4v) is 2.80. The standard InChI is InChI=1S/C20H25N3O/c1-5-24-19-9-7-6-8-15(19)13-21-16-10-11-18-17(12-16)22-14-23(18)20(2,3)4/h6-12,14,21H,5,13H2,1-4H3. The molecule has 2 aromatic carbocycles. The van der Waals surface area contributed by atoms with Crippen LogP contribution in [0.5, 0.6) is 5.75 Å². The molecule has 1 N–H and O–H groups in total. The van der Waals surface area contributed by atoms with Crippen LogP contribution in [0.2, 0.25) is 0 Å². The molecule has 24 heavy (non-hydrogen) atoms. The molecule has 3 aromatic rings. The Kier molecular flexibility index (Phi) is 4.47. The maximum absolute atomic E-state index is 5.68. The Labute approximate surface area is 143 Å². The van der Waals surface area contributed by atoms with Crippen LogP contribution in [0.15, 0.2) is 48.8 Å². The van der Waals surface area contributed by atoms with E-state index in [9.17, 15) is 0 Å². The molecule has 0 spiro atoms. The van der Waals surface area contributed by atoms with Crippen molar-refractivity contribution in [1.29, 1.82) is 0 Å². The van der Waals surface area contributed by atoms with Crippen molar-refractivity contribution < 1.29 is 4.74 Å². The predicted octanol–water partition coefficient (Wildman–Crippen LogP) is 4.80. The van der Waals surface area contributed by atoms with Crippen molar-refractivity contribution in [3.8, 4) is 5.75 Å². The Morgan fingerprint density at radius 2 is 1.92 bits per heavy atom. The fraction of sp³-hybridized carbons (Fsp3) is 0.350. The van der Waals surface area contributed by atoms with Crippen LogP contribution >= 0.6 is 0 Å². The third-order valence-corrected chi connectivity index (χ3v) is 4.03. The lowest BCUT2D eigenvalue weighted by Gasteiger charge is -2.21. The molecule has 0 radical (unpaired) electrons. The molecule has 0 amide bonds. The van der Waals surface area contributed by atoms with Gasteiger partial charge in [0.2, 0.25) is 0 Å². The molecule has 4 heteroatoms. The van der Waals surface area contributed by atoms with Crippen molar-refractivity contribution in [1.82, 2.24) is 9.55 Å². The van der Waals surface area contributed by atoms with Gasteiger partial charge in [-0.25, -0.2) is 4.98 Å². The monoisotopic (exact) mass is 323 g/mol. The molecule has 1 heterocycles. The molecule has 0 atom stereocenters. The Hall–Kier alpha value is -2.49. The van der Waals surface area contributed by atoms with Crippen LogP contribution in [0.1, 0.15) is 33.3 Å². The number of hydrogen-bond acceptors (Lipinski definition) is 3. The van der Waals surface area contributed by atoms with Gasteiger partial charge in [0.1, 0.15) is 5.75 Å². The summed E-state index contributed by atoms with van der Waals surface area (Å²) in [4.78, 5) is 4.55. The molecule has 0 saturated heterocycles. The summed E-state index contributed by atoms with van der Waals surface area (Å²) in [6, 6.07) is 14.5. The lowest BCUT2D eigenvalue weighted by atomic mass is 10.1. The van der Waals surface area contributed by atoms with E-state index < -0.39 is 0 Å². The zero-order chi connectivity index (χ0) is 17.2. The number of nitrogens with zero attached hydrogens (tertiary/aromatic N) is 2. The van der Waals surface area contributed by atoms with Gasteiger partial charge in [-0.1, -0.05) is 18.2 Å². The molecule has 4 nitrogen and oxygen atoms in total. The third-order valence-electron chi connectivity index (χ3n) is 4.03. The van der Waals surface area contributed by atoms with Gasteiger partial charge >= 0.3 is 0 Å². The number of fused-ring (bicyclic) bond motifs is 1. The van der Waals surface area contributed by atoms with Crippen molar-refractivity contribution in [3.63, 3.8) is 0 Å². The summed E-state index contributed by atoms with van der Waals surface area (Å²) in [6.07, 6.45) is 1.92. The molecule has 0 aliphatic rings. The van der Waals surface area contributed by atoms with E-state index in [1.54, 1.807) is 0 Å². The van der Waals surface area contributed by atoms with E-state index in [0.717, 1.165) is 34.6 Å². The molecule has 0 bridgehead atoms. The number of imidazole rings is 1. The molecular weight excluding hydrogens is 298 g/mol. The Bertz CT molecular complexity index is 830. The first-order valence-corrected chi connectivity index (χ1v) is 8.41. The number of nitrogens with one attached hydrogen (secondary N) is 1. The van der Waals surface area contributed by atoms with Gasteiger partial charge in [0.25, 0.3) is 0 Å². The topological polar surface area (TPSA) is 39.1 Å². The Balaban J connectivity index is 1.79. The van der Waals surface area contributed by atoms with Crippen molar-refractivity contribution in [2.24, 2.45) is 0 Å². The molecule has 0 unspecified atom stereocenters. The summed E-state index contributed by atoms with van der Waals surface area (Å²) in [5, 5.41) is 3.47. The second kappa shape index (κ2) is 6.56. The normalized spacial score (nSPS) is 11.7. The number of anilines is 1. The highest BCUT2D eigenvalue weighted by Gasteiger charge is 2.16. The zero-order valence-electron chi connectivity index (χ0n) is 14.8. The molecule has 1 aromatic heterocycles. The summed E-state index contributed by atoms with van der Waals surface area (Å²) >= 11 is 0. The second-order valence-electron chi connectivity index (χ2n) is 6.88. The summed E-state index contributed by atoms with van der Waals surface area (Å²) < 4.78 is 7.89. The summed E-state index contributed by atoms with van der Waals surface area (Å²) in [7, 11) is 0. The number of ether oxygens (including phenoxy) is 1. The first-order valence-electron chi connectivity index (χ1n) is 8.41. The van der Waals surface area contributed by atoms with Crippen LogP contribution < -0.4 is 10.1 Å². The number of hydrogen-bond donors (Lipinski definition) is 1. The maximum Gasteiger partial charge on any atom is 0.124 e. The van der Waals surface area contributed by atoms with Gasteiger partial charge < -0.3 is 14.6 Å². The minimum Gasteiger partial charge on any atom is -0.494 e. The quantitative estimate of drug-likeness (QED) is 0.733. The number of benzene rings is 2. The van der Waals surface area contributed by atoms with E-state index >= 15 is 0 Å². The van der Waals surface area contributed by atoms with Crippen LogP contribution in [-0.4, -0.2) is 16.2 Å². The average Bonchev–Trinajstić information content (AvgIpc) is 2.97. The lowest BCUT2D eigenvalue weighted by Crippen LogP contribution is -2.20. The highest BCUT2D eigenvalue weighted by Crippen LogP contribution is 2.25. The smallest absolute Gasteiger partial charge is 0.124 e. The van der Waals surface area contributed by atoms with Crippen molar-refractivity contribution in [2.75, 3.05) is 11.9 Å². The van der Waals surface area contributed by atoms with Crippen molar-refractivity contribution in [2.45, 2.75) is 39.8 Å². The van der Waals surface area contributed by atoms with Crippen LogP contribution in [0.25, 0.3) is 11.0 Å². The maximum atomic E-state index is 5.68. The number of rotatable bonds is 5. The first-order chi connectivity index (χ1) is 11.5. The zero-order valence-corrected chi connectivity index (χ0v) is 14.8. The summed E-state index contributed by atoms with van der Waals surface area (Å²) in [5.74, 6) is 0.936. The minimum atomic E-state index is 0.0279. The Morgan fingerprint density at radius 1 is 1.12 bits per heavy atom. The fourth-order valence-electron chi connectivity index (χ4n) is 2.80. The molecule has 0 saturated carbocycles. The lowest BCUT2D eigenvalue weighted by molar-refractivity contribution is 0.337. The highest BCUT2D eigenvalue weighted by atomic mass is 16.5. The van der Waals surface area contributed by atoms with Gasteiger partial charge in [0.05, 0.1) is 24.0 Å². The van der Waals surface area contributed by atoms with E-state index in [0.29, 0.717) is 6.61 Å². The molecule has 0 aliphatic carbocycles. The molecule has 0 fully saturated rings. The molecule has 3 rings (SSSR count). The van der Waals surface area contributed by atoms with Crippen LogP contribution in [0.4, 0.5) is 5.69 Å². The number of para-hydroxylation sites is 1. The van der Waals surface area contributed by atoms with Gasteiger partial charge in [-0.15, -0.1) is 0 Å². The van der Waals surface area contributed by atoms with Gasteiger partial charge in [-0.2, -0.15) is 0 Å². The molecular formula is C20H25N3O. The highest BCUT2D eigenvalue weighted by molar-refractivity contribution is 5.79. The van der Waals surface area contributed by atoms with E-state index in [4.69, 9.17) is 4.74 Å². The van der Waals surface area contributed by atoms with Crippen LogP contribution in [-0.2, 0) is 12.1 Å². The van der Waals surface area contributed by atoms with E-state index in [1.807, 2.05) is 31.5 Å². The van der Waals surface area contributed by atoms with Gasteiger partial charge in [-0.05, 0) is 52.0 Å². The van der Waals surface area contributed by atoms with Crippen molar-refractivity contribution >= 4 is 16.7 Å². The summed E-state index contributed by atoms with van der Waals surface area (Å²) in [5.41, 5.74) is 4.41. The predicted molar refractivity (Wildman–Crippen MR) is 99.7 cm³/mol. The SMILES string of the molecule is CCOc1ccccc1CNc1ccc2c(c1)ncn2C(C)(C)C. The van der Waals surface area contributed by atoms with Crippen LogP contribution in [0.3, 0.4) is 0 Å². The number of aromatic nitrogens is 2. The van der Waals surface area contributed by atoms with E-state index in [2.05, 4.69) is 59.9 Å². The van der Waals surface area contributed by atoms with Crippen LogP contribution in [0, 0.1) is 0 Å². The van der Waals surface area contributed by atoms with Gasteiger partial charge in [0.15, 0.2) is 0 Å². The molecule has 0 aliphatic heterocycles.